The number of rotatable bonds is 15. The van der Waals surface area contributed by atoms with Crippen molar-refractivity contribution in [3.63, 3.8) is 0 Å². The highest BCUT2D eigenvalue weighted by atomic mass is 127. The molecule has 1 aromatic rings. The third-order valence-corrected chi connectivity index (χ3v) is 8.72. The fourth-order valence-electron chi connectivity index (χ4n) is 3.64. The van der Waals surface area contributed by atoms with Crippen LogP contribution >= 0.6 is 67.8 Å². The minimum absolute atomic E-state index is 0.247. The average molecular weight is 859 g/mol. The third-order valence-electron chi connectivity index (χ3n) is 5.59. The van der Waals surface area contributed by atoms with Gasteiger partial charge >= 0.3 is 0 Å². The fourth-order valence-corrected chi connectivity index (χ4v) is 8.47. The second-order valence-electron chi connectivity index (χ2n) is 8.57. The summed E-state index contributed by atoms with van der Waals surface area (Å²) in [5.74, 6) is -0.836. The first-order valence-electron chi connectivity index (χ1n) is 12.0. The smallest absolute Gasteiger partial charge is 0.253 e. The summed E-state index contributed by atoms with van der Waals surface area (Å²) in [7, 11) is 0. The van der Waals surface area contributed by atoms with Crippen molar-refractivity contribution in [2.75, 3.05) is 42.6 Å². The normalized spacial score (nSPS) is 12.7. The van der Waals surface area contributed by atoms with Crippen molar-refractivity contribution in [2.45, 2.75) is 65.1 Å². The summed E-state index contributed by atoms with van der Waals surface area (Å²) < 4.78 is 1.76. The van der Waals surface area contributed by atoms with E-state index < -0.39 is 12.2 Å². The number of carbonyl (C=O) groups excluding carboxylic acids is 3. The number of carbonyl (C=O) groups is 3. The zero-order valence-electron chi connectivity index (χ0n) is 21.3. The predicted molar refractivity (Wildman–Crippen MR) is 168 cm³/mol. The Morgan fingerprint density at radius 3 is 1.54 bits per heavy atom. The Hall–Kier alpha value is -0.340. The van der Waals surface area contributed by atoms with Crippen LogP contribution < -0.4 is 15.1 Å². The van der Waals surface area contributed by atoms with E-state index in [1.807, 2.05) is 6.92 Å². The maximum absolute atomic E-state index is 13.3. The van der Waals surface area contributed by atoms with Crippen LogP contribution in [-0.4, -0.2) is 83.2 Å². The van der Waals surface area contributed by atoms with Crippen LogP contribution in [0.1, 0.15) is 63.2 Å². The van der Waals surface area contributed by atoms with Gasteiger partial charge in [0.2, 0.25) is 11.8 Å². The van der Waals surface area contributed by atoms with E-state index >= 15 is 0 Å². The van der Waals surface area contributed by atoms with Gasteiger partial charge in [0.15, 0.2) is 0 Å². The maximum atomic E-state index is 13.3. The monoisotopic (exact) mass is 859 g/mol. The second-order valence-corrected chi connectivity index (χ2v) is 11.8. The highest BCUT2D eigenvalue weighted by Gasteiger charge is 2.31. The number of hydrogen-bond acceptors (Lipinski definition) is 7. The summed E-state index contributed by atoms with van der Waals surface area (Å²) in [6.07, 6.45) is 0.378. The van der Waals surface area contributed by atoms with Gasteiger partial charge in [-0.2, -0.15) is 0 Å². The fraction of sp³-hybridized carbons (Fsp3) is 0.625. The summed E-state index contributed by atoms with van der Waals surface area (Å²) in [5, 5.41) is 40.7. The molecule has 0 saturated heterocycles. The summed E-state index contributed by atoms with van der Waals surface area (Å²) in [5.41, 5.74) is 1.38. The Kier molecular flexibility index (Phi) is 16.3. The van der Waals surface area contributed by atoms with E-state index in [1.165, 1.54) is 23.6 Å². The summed E-state index contributed by atoms with van der Waals surface area (Å²) in [4.78, 5) is 42.0. The molecule has 210 valence electrons. The first-order valence-corrected chi connectivity index (χ1v) is 15.3. The van der Waals surface area contributed by atoms with Crippen molar-refractivity contribution in [2.24, 2.45) is 0 Å². The van der Waals surface area contributed by atoms with Gasteiger partial charge in [0.1, 0.15) is 0 Å². The van der Waals surface area contributed by atoms with E-state index in [4.69, 9.17) is 10.2 Å². The van der Waals surface area contributed by atoms with E-state index in [2.05, 4.69) is 73.1 Å². The highest BCUT2D eigenvalue weighted by molar-refractivity contribution is 14.1. The van der Waals surface area contributed by atoms with E-state index in [0.717, 1.165) is 6.42 Å². The molecule has 2 unspecified atom stereocenters. The molecule has 0 fully saturated rings. The van der Waals surface area contributed by atoms with E-state index in [0.29, 0.717) is 59.9 Å². The molecule has 1 aromatic carbocycles. The second kappa shape index (κ2) is 17.4. The molecule has 0 radical (unpaired) electrons. The molecule has 2 atom stereocenters. The van der Waals surface area contributed by atoms with Crippen LogP contribution in [0.4, 0.5) is 11.4 Å². The van der Waals surface area contributed by atoms with Crippen molar-refractivity contribution in [1.82, 2.24) is 5.32 Å². The molecule has 0 spiro atoms. The van der Waals surface area contributed by atoms with Crippen LogP contribution in [0, 0.1) is 10.7 Å². The van der Waals surface area contributed by atoms with E-state index in [1.54, 1.807) is 0 Å². The highest BCUT2D eigenvalue weighted by Crippen LogP contribution is 2.43. The molecule has 37 heavy (non-hydrogen) atoms. The Bertz CT molecular complexity index is 888. The van der Waals surface area contributed by atoms with Crippen molar-refractivity contribution in [3.8, 4) is 0 Å². The van der Waals surface area contributed by atoms with Crippen molar-refractivity contribution >= 4 is 96.9 Å². The molecule has 0 bridgehead atoms. The molecule has 0 aromatic heterocycles. The van der Waals surface area contributed by atoms with Crippen LogP contribution in [0.25, 0.3) is 0 Å². The van der Waals surface area contributed by atoms with Gasteiger partial charge in [-0.1, -0.05) is 6.92 Å². The van der Waals surface area contributed by atoms with Crippen LogP contribution in [0.15, 0.2) is 0 Å². The largest absolute Gasteiger partial charge is 0.394 e. The number of benzene rings is 1. The number of nitrogens with zero attached hydrogens (tertiary/aromatic N) is 2. The quantitative estimate of drug-likeness (QED) is 0.170. The average Bonchev–Trinajstić information content (AvgIpc) is 2.84. The van der Waals surface area contributed by atoms with E-state index in [9.17, 15) is 24.6 Å². The van der Waals surface area contributed by atoms with Crippen LogP contribution in [0.5, 0.6) is 0 Å². The van der Waals surface area contributed by atoms with Crippen LogP contribution in [0.2, 0.25) is 0 Å². The third kappa shape index (κ3) is 9.97. The van der Waals surface area contributed by atoms with Crippen LogP contribution in [-0.2, 0) is 9.59 Å². The van der Waals surface area contributed by atoms with Gasteiger partial charge in [0, 0.05) is 33.5 Å². The Morgan fingerprint density at radius 2 is 1.22 bits per heavy atom. The summed E-state index contributed by atoms with van der Waals surface area (Å²) in [6, 6.07) is 0. The lowest BCUT2D eigenvalue weighted by molar-refractivity contribution is -0.117. The number of anilines is 2. The number of amides is 3. The topological polar surface area (TPSA) is 151 Å². The molecule has 1 rings (SSSR count). The van der Waals surface area contributed by atoms with Gasteiger partial charge in [-0.3, -0.25) is 14.4 Å². The number of hydrogen-bond donors (Lipinski definition) is 5. The number of aliphatic hydroxyl groups is 4. The minimum atomic E-state index is -0.892. The standard InChI is InChI=1S/C24H36I3N3O7/c1-4-9-28-24(37)18-19(25)22(29(14(2)33)10-5-7-16(35)12-31)21(27)23(20(18)26)30(15(3)34)11-6-8-17(36)13-32/h16-17,31-32,35-36H,4-13H2,1-3H3,(H,28,37). The molecule has 0 saturated carbocycles. The Balaban J connectivity index is 3.73. The Labute approximate surface area is 259 Å². The Morgan fingerprint density at radius 1 is 0.811 bits per heavy atom. The van der Waals surface area contributed by atoms with Gasteiger partial charge in [-0.05, 0) is 99.9 Å². The van der Waals surface area contributed by atoms with Crippen molar-refractivity contribution < 1.29 is 34.8 Å². The molecule has 0 heterocycles. The lowest BCUT2D eigenvalue weighted by Gasteiger charge is -2.31. The zero-order valence-corrected chi connectivity index (χ0v) is 27.7. The van der Waals surface area contributed by atoms with Gasteiger partial charge in [-0.25, -0.2) is 0 Å². The van der Waals surface area contributed by atoms with Gasteiger partial charge < -0.3 is 35.5 Å². The lowest BCUT2D eigenvalue weighted by Crippen LogP contribution is -2.37. The summed E-state index contributed by atoms with van der Waals surface area (Å²) >= 11 is 6.22. The molecule has 3 amide bonds. The number of aliphatic hydroxyl groups excluding tert-OH is 4. The van der Waals surface area contributed by atoms with Gasteiger partial charge in [-0.15, -0.1) is 0 Å². The molecular formula is C24H36I3N3O7. The number of nitrogens with one attached hydrogen (secondary N) is 1. The number of halogens is 3. The van der Waals surface area contributed by atoms with Crippen LogP contribution in [0.3, 0.4) is 0 Å². The molecule has 0 aliphatic rings. The van der Waals surface area contributed by atoms with Crippen molar-refractivity contribution in [1.29, 1.82) is 0 Å². The van der Waals surface area contributed by atoms with Gasteiger partial charge in [0.05, 0.1) is 53.1 Å². The molecule has 5 N–H and O–H groups in total. The maximum Gasteiger partial charge on any atom is 0.253 e. The minimum Gasteiger partial charge on any atom is -0.394 e. The summed E-state index contributed by atoms with van der Waals surface area (Å²) in [6.45, 7) is 5.00. The zero-order chi connectivity index (χ0) is 28.3. The molecule has 0 aliphatic heterocycles. The molecule has 0 aliphatic carbocycles. The lowest BCUT2D eigenvalue weighted by atomic mass is 10.1. The first kappa shape index (κ1) is 34.7. The SMILES string of the molecule is CCCNC(=O)c1c(I)c(N(CCCC(O)CO)C(C)=O)c(I)c(N(CCCC(O)CO)C(C)=O)c1I. The predicted octanol–water partition coefficient (Wildman–Crippen LogP) is 2.61. The van der Waals surface area contributed by atoms with Gasteiger partial charge in [0.25, 0.3) is 5.91 Å². The first-order chi connectivity index (χ1) is 17.4. The van der Waals surface area contributed by atoms with E-state index in [-0.39, 0.29) is 44.0 Å². The van der Waals surface area contributed by atoms with Crippen molar-refractivity contribution in [3.05, 3.63) is 16.3 Å². The molecule has 10 nitrogen and oxygen atoms in total. The molecule has 13 heteroatoms. The molecular weight excluding hydrogens is 823 g/mol.